The van der Waals surface area contributed by atoms with Crippen molar-refractivity contribution in [3.8, 4) is 0 Å². The number of hydrogen-bond donors (Lipinski definition) is 3. The van der Waals surface area contributed by atoms with Crippen molar-refractivity contribution in [2.75, 3.05) is 6.54 Å². The number of nitrogens with zero attached hydrogens (tertiary/aromatic N) is 1. The summed E-state index contributed by atoms with van der Waals surface area (Å²) in [5.74, 6) is -3.12. The molecule has 88 valence electrons. The second-order valence-electron chi connectivity index (χ2n) is 3.23. The summed E-state index contributed by atoms with van der Waals surface area (Å²) in [6.45, 7) is 1.72. The largest absolute Gasteiger partial charge is 0.481 e. The molecule has 8 heteroatoms. The molecule has 0 radical (unpaired) electrons. The van der Waals surface area contributed by atoms with Crippen LogP contribution in [0.15, 0.2) is 9.32 Å². The van der Waals surface area contributed by atoms with Crippen molar-refractivity contribution in [1.29, 1.82) is 0 Å². The van der Waals surface area contributed by atoms with E-state index in [2.05, 4.69) is 20.0 Å². The van der Waals surface area contributed by atoms with Crippen LogP contribution in [0, 0.1) is 5.92 Å². The molecule has 0 fully saturated rings. The highest BCUT2D eigenvalue weighted by molar-refractivity contribution is 5.90. The van der Waals surface area contributed by atoms with Crippen LogP contribution in [0.25, 0.3) is 0 Å². The highest BCUT2D eigenvalue weighted by atomic mass is 16.5. The van der Waals surface area contributed by atoms with Crippen LogP contribution < -0.4 is 11.1 Å². The molecule has 0 aliphatic carbocycles. The van der Waals surface area contributed by atoms with Gasteiger partial charge in [0.2, 0.25) is 5.82 Å². The quantitative estimate of drug-likeness (QED) is 0.607. The van der Waals surface area contributed by atoms with Crippen molar-refractivity contribution >= 4 is 11.9 Å². The van der Waals surface area contributed by atoms with Crippen LogP contribution in [-0.2, 0) is 4.79 Å². The predicted octanol–water partition coefficient (Wildman–Crippen LogP) is -0.796. The van der Waals surface area contributed by atoms with Crippen molar-refractivity contribution in [3.63, 3.8) is 0 Å². The topological polar surface area (TPSA) is 125 Å². The van der Waals surface area contributed by atoms with Gasteiger partial charge in [0, 0.05) is 6.54 Å². The summed E-state index contributed by atoms with van der Waals surface area (Å²) in [5.41, 5.74) is 0. The summed E-state index contributed by atoms with van der Waals surface area (Å²) in [7, 11) is 0. The number of H-pyrrole nitrogens is 1. The number of hydrogen-bond acceptors (Lipinski definition) is 5. The van der Waals surface area contributed by atoms with Gasteiger partial charge in [-0.2, -0.15) is 0 Å². The number of carboxylic acids is 1. The predicted molar refractivity (Wildman–Crippen MR) is 50.9 cm³/mol. The first kappa shape index (κ1) is 12.0. The van der Waals surface area contributed by atoms with Crippen LogP contribution in [0.5, 0.6) is 0 Å². The van der Waals surface area contributed by atoms with Crippen LogP contribution in [0.3, 0.4) is 0 Å². The SMILES string of the molecule is C[C@H](CCNC(=O)c1noc(=O)[nH]1)C(=O)O. The Morgan fingerprint density at radius 1 is 1.62 bits per heavy atom. The highest BCUT2D eigenvalue weighted by Gasteiger charge is 2.13. The van der Waals surface area contributed by atoms with Crippen LogP contribution in [0.2, 0.25) is 0 Å². The number of carbonyl (C=O) groups excluding carboxylic acids is 1. The number of amides is 1. The maximum atomic E-state index is 11.3. The lowest BCUT2D eigenvalue weighted by molar-refractivity contribution is -0.141. The third kappa shape index (κ3) is 3.23. The maximum Gasteiger partial charge on any atom is 0.439 e. The Balaban J connectivity index is 2.36. The van der Waals surface area contributed by atoms with Gasteiger partial charge in [-0.05, 0) is 11.6 Å². The van der Waals surface area contributed by atoms with Gasteiger partial charge in [0.05, 0.1) is 5.92 Å². The van der Waals surface area contributed by atoms with Gasteiger partial charge >= 0.3 is 11.7 Å². The molecule has 0 aliphatic heterocycles. The molecular formula is C8H11N3O5. The normalized spacial score (nSPS) is 12.1. The lowest BCUT2D eigenvalue weighted by Gasteiger charge is -2.05. The molecule has 1 aromatic rings. The Kier molecular flexibility index (Phi) is 3.81. The van der Waals surface area contributed by atoms with Gasteiger partial charge in [0.15, 0.2) is 0 Å². The van der Waals surface area contributed by atoms with Gasteiger partial charge in [-0.1, -0.05) is 6.92 Å². The molecule has 1 amide bonds. The van der Waals surface area contributed by atoms with Crippen molar-refractivity contribution in [2.24, 2.45) is 5.92 Å². The smallest absolute Gasteiger partial charge is 0.439 e. The Morgan fingerprint density at radius 2 is 2.31 bits per heavy atom. The number of aliphatic carboxylic acids is 1. The van der Waals surface area contributed by atoms with E-state index < -0.39 is 23.6 Å². The van der Waals surface area contributed by atoms with E-state index in [4.69, 9.17) is 5.11 Å². The van der Waals surface area contributed by atoms with Crippen LogP contribution >= 0.6 is 0 Å². The molecule has 0 spiro atoms. The van der Waals surface area contributed by atoms with E-state index >= 15 is 0 Å². The number of rotatable bonds is 5. The average Bonchev–Trinajstić information content (AvgIpc) is 2.64. The molecule has 0 saturated heterocycles. The van der Waals surface area contributed by atoms with Crippen LogP contribution in [0.1, 0.15) is 24.0 Å². The van der Waals surface area contributed by atoms with Crippen molar-refractivity contribution in [2.45, 2.75) is 13.3 Å². The summed E-state index contributed by atoms with van der Waals surface area (Å²) >= 11 is 0. The molecule has 0 bridgehead atoms. The van der Waals surface area contributed by atoms with Crippen LogP contribution in [0.4, 0.5) is 0 Å². The molecular weight excluding hydrogens is 218 g/mol. The third-order valence-corrected chi connectivity index (χ3v) is 1.94. The summed E-state index contributed by atoms with van der Waals surface area (Å²) in [6, 6.07) is 0. The van der Waals surface area contributed by atoms with Gasteiger partial charge in [-0.3, -0.25) is 19.1 Å². The monoisotopic (exact) mass is 229 g/mol. The molecule has 1 aromatic heterocycles. The van der Waals surface area contributed by atoms with Gasteiger partial charge < -0.3 is 10.4 Å². The molecule has 8 nitrogen and oxygen atoms in total. The second kappa shape index (κ2) is 5.10. The van der Waals surface area contributed by atoms with Gasteiger partial charge in [0.1, 0.15) is 0 Å². The zero-order valence-electron chi connectivity index (χ0n) is 8.52. The minimum atomic E-state index is -0.927. The first-order chi connectivity index (χ1) is 7.50. The molecule has 1 atom stereocenters. The van der Waals surface area contributed by atoms with Crippen LogP contribution in [-0.4, -0.2) is 33.7 Å². The van der Waals surface area contributed by atoms with Crippen molar-refractivity contribution < 1.29 is 19.2 Å². The zero-order chi connectivity index (χ0) is 12.1. The van der Waals surface area contributed by atoms with Gasteiger partial charge in [-0.15, -0.1) is 0 Å². The number of carbonyl (C=O) groups is 2. The Hall–Kier alpha value is -2.12. The molecule has 0 saturated carbocycles. The van der Waals surface area contributed by atoms with Gasteiger partial charge in [-0.25, -0.2) is 4.79 Å². The third-order valence-electron chi connectivity index (χ3n) is 1.94. The number of aromatic nitrogens is 2. The van der Waals surface area contributed by atoms with E-state index in [0.717, 1.165) is 0 Å². The first-order valence-corrected chi connectivity index (χ1v) is 4.57. The Labute approximate surface area is 89.6 Å². The number of nitrogens with one attached hydrogen (secondary N) is 2. The molecule has 3 N–H and O–H groups in total. The fourth-order valence-corrected chi connectivity index (χ4v) is 0.937. The molecule has 1 heterocycles. The molecule has 0 aromatic carbocycles. The fraction of sp³-hybridized carbons (Fsp3) is 0.500. The highest BCUT2D eigenvalue weighted by Crippen LogP contribution is 1.99. The summed E-state index contributed by atoms with van der Waals surface area (Å²) in [4.78, 5) is 34.3. The van der Waals surface area contributed by atoms with Crippen molar-refractivity contribution in [3.05, 3.63) is 16.4 Å². The Bertz CT molecular complexity index is 435. The molecule has 0 aliphatic rings. The summed E-state index contributed by atoms with van der Waals surface area (Å²) in [5, 5.41) is 14.2. The maximum absolute atomic E-state index is 11.3. The van der Waals surface area contributed by atoms with E-state index in [1.165, 1.54) is 6.92 Å². The molecule has 0 unspecified atom stereocenters. The minimum Gasteiger partial charge on any atom is -0.481 e. The summed E-state index contributed by atoms with van der Waals surface area (Å²) in [6.07, 6.45) is 0.295. The second-order valence-corrected chi connectivity index (χ2v) is 3.23. The van der Waals surface area contributed by atoms with E-state index in [9.17, 15) is 14.4 Å². The lowest BCUT2D eigenvalue weighted by Crippen LogP contribution is -2.28. The van der Waals surface area contributed by atoms with E-state index in [1.54, 1.807) is 0 Å². The minimum absolute atomic E-state index is 0.182. The van der Waals surface area contributed by atoms with E-state index in [0.29, 0.717) is 6.42 Å². The Morgan fingerprint density at radius 3 is 2.81 bits per heavy atom. The number of aromatic amines is 1. The first-order valence-electron chi connectivity index (χ1n) is 4.57. The standard InChI is InChI=1S/C8H11N3O5/c1-4(7(13)14)2-3-9-6(12)5-10-8(15)16-11-5/h4H,2-3H2,1H3,(H,9,12)(H,13,14)(H,10,11,15)/t4-/m1/s1. The molecule has 1 rings (SSSR count). The van der Waals surface area contributed by atoms with E-state index in [1.807, 2.05) is 0 Å². The van der Waals surface area contributed by atoms with E-state index in [-0.39, 0.29) is 12.4 Å². The lowest BCUT2D eigenvalue weighted by atomic mass is 10.1. The summed E-state index contributed by atoms with van der Waals surface area (Å²) < 4.78 is 4.14. The average molecular weight is 229 g/mol. The fourth-order valence-electron chi connectivity index (χ4n) is 0.937. The molecule has 16 heavy (non-hydrogen) atoms. The van der Waals surface area contributed by atoms with Crippen molar-refractivity contribution in [1.82, 2.24) is 15.5 Å². The zero-order valence-corrected chi connectivity index (χ0v) is 8.52. The van der Waals surface area contributed by atoms with Gasteiger partial charge in [0.25, 0.3) is 5.91 Å². The number of carboxylic acid groups (broad SMARTS) is 1.